The number of hydrogen-bond acceptors (Lipinski definition) is 5. The minimum atomic E-state index is 0.132. The van der Waals surface area contributed by atoms with E-state index in [1.807, 2.05) is 18.2 Å². The Kier molecular flexibility index (Phi) is 5.00. The van der Waals surface area contributed by atoms with Gasteiger partial charge >= 0.3 is 0 Å². The average Bonchev–Trinajstić information content (AvgIpc) is 3.36. The zero-order chi connectivity index (χ0) is 20.5. The Bertz CT molecular complexity index is 1290. The molecular weight excluding hydrogens is 380 g/mol. The number of hydrogen-bond donors (Lipinski definition) is 3. The van der Waals surface area contributed by atoms with E-state index in [1.54, 1.807) is 12.1 Å². The third-order valence-electron chi connectivity index (χ3n) is 5.40. The molecule has 0 saturated heterocycles. The van der Waals surface area contributed by atoms with Gasteiger partial charge in [0.15, 0.2) is 0 Å². The first kappa shape index (κ1) is 19.0. The van der Waals surface area contributed by atoms with E-state index in [0.717, 1.165) is 38.8 Å². The highest BCUT2D eigenvalue weighted by molar-refractivity contribution is 7.80. The molecule has 4 rings (SSSR count). The van der Waals surface area contributed by atoms with Crippen LogP contribution in [0, 0.1) is 22.7 Å². The first-order valence-electron chi connectivity index (χ1n) is 9.45. The van der Waals surface area contributed by atoms with Gasteiger partial charge in [0, 0.05) is 34.0 Å². The number of rotatable bonds is 5. The van der Waals surface area contributed by atoms with Crippen LogP contribution in [0.5, 0.6) is 0 Å². The molecule has 0 amide bonds. The molecule has 2 aromatic carbocycles. The topological polar surface area (TPSA) is 105 Å². The number of benzene rings is 2. The van der Waals surface area contributed by atoms with Gasteiger partial charge in [-0.25, -0.2) is 0 Å². The summed E-state index contributed by atoms with van der Waals surface area (Å²) in [6, 6.07) is 13.8. The summed E-state index contributed by atoms with van der Waals surface area (Å²) >= 11 is 4.40. The van der Waals surface area contributed by atoms with Gasteiger partial charge in [-0.2, -0.15) is 33.3 Å². The molecule has 144 valence electrons. The lowest BCUT2D eigenvalue weighted by Crippen LogP contribution is -2.01. The van der Waals surface area contributed by atoms with E-state index in [-0.39, 0.29) is 11.8 Å². The van der Waals surface area contributed by atoms with Crippen LogP contribution in [0.25, 0.3) is 21.8 Å². The van der Waals surface area contributed by atoms with Crippen molar-refractivity contribution in [1.82, 2.24) is 20.4 Å². The molecule has 0 aliphatic heterocycles. The fourth-order valence-corrected chi connectivity index (χ4v) is 3.99. The van der Waals surface area contributed by atoms with Crippen LogP contribution in [0.1, 0.15) is 53.8 Å². The Morgan fingerprint density at radius 3 is 2.38 bits per heavy atom. The van der Waals surface area contributed by atoms with Crippen molar-refractivity contribution < 1.29 is 0 Å². The molecular formula is C22H20N6S. The van der Waals surface area contributed by atoms with Crippen LogP contribution in [0.4, 0.5) is 0 Å². The Balaban J connectivity index is 1.75. The predicted octanol–water partition coefficient (Wildman–Crippen LogP) is 4.56. The minimum Gasteiger partial charge on any atom is -0.281 e. The predicted molar refractivity (Wildman–Crippen MR) is 116 cm³/mol. The van der Waals surface area contributed by atoms with Gasteiger partial charge in [0.2, 0.25) is 0 Å². The molecule has 2 aromatic heterocycles. The number of aromatic amines is 2. The quantitative estimate of drug-likeness (QED) is 0.427. The zero-order valence-electron chi connectivity index (χ0n) is 16.2. The van der Waals surface area contributed by atoms with Gasteiger partial charge in [-0.15, -0.1) is 0 Å². The van der Waals surface area contributed by atoms with E-state index >= 15 is 0 Å². The lowest BCUT2D eigenvalue weighted by molar-refractivity contribution is 0.732. The highest BCUT2D eigenvalue weighted by atomic mass is 32.1. The Morgan fingerprint density at radius 2 is 1.66 bits per heavy atom. The van der Waals surface area contributed by atoms with E-state index in [9.17, 15) is 5.26 Å². The van der Waals surface area contributed by atoms with Crippen LogP contribution in [-0.2, 0) is 6.42 Å². The second-order valence-corrected chi connectivity index (χ2v) is 7.82. The summed E-state index contributed by atoms with van der Waals surface area (Å²) in [5.74, 6) is 1.05. The minimum absolute atomic E-state index is 0.132. The van der Waals surface area contributed by atoms with Gasteiger partial charge in [0.25, 0.3) is 0 Å². The lowest BCUT2D eigenvalue weighted by Gasteiger charge is -2.12. The summed E-state index contributed by atoms with van der Waals surface area (Å²) in [7, 11) is 0. The van der Waals surface area contributed by atoms with Crippen molar-refractivity contribution in [3.05, 3.63) is 58.4 Å². The fraction of sp³-hybridized carbons (Fsp3) is 0.273. The molecule has 2 unspecified atom stereocenters. The van der Waals surface area contributed by atoms with E-state index in [2.05, 4.69) is 59.0 Å². The van der Waals surface area contributed by atoms with Crippen molar-refractivity contribution in [2.75, 3.05) is 5.75 Å². The molecule has 0 saturated carbocycles. The third kappa shape index (κ3) is 3.35. The summed E-state index contributed by atoms with van der Waals surface area (Å²) in [4.78, 5) is 0. The summed E-state index contributed by atoms with van der Waals surface area (Å²) in [6.45, 7) is 4.22. The van der Waals surface area contributed by atoms with Crippen LogP contribution in [0.15, 0.2) is 30.3 Å². The molecule has 29 heavy (non-hydrogen) atoms. The van der Waals surface area contributed by atoms with Crippen LogP contribution >= 0.6 is 12.6 Å². The number of H-pyrrole nitrogens is 2. The van der Waals surface area contributed by atoms with Crippen molar-refractivity contribution in [2.24, 2.45) is 0 Å². The molecule has 4 aromatic rings. The molecule has 2 N–H and O–H groups in total. The first-order valence-corrected chi connectivity index (χ1v) is 10.1. The fourth-order valence-electron chi connectivity index (χ4n) is 3.81. The van der Waals surface area contributed by atoms with Crippen LogP contribution in [0.2, 0.25) is 0 Å². The molecule has 0 fully saturated rings. The first-order chi connectivity index (χ1) is 14.0. The highest BCUT2D eigenvalue weighted by Gasteiger charge is 2.19. The molecule has 0 aliphatic rings. The van der Waals surface area contributed by atoms with Gasteiger partial charge < -0.3 is 0 Å². The zero-order valence-corrected chi connectivity index (χ0v) is 17.1. The molecule has 0 radical (unpaired) electrons. The SMILES string of the molecule is CC(Cc1cc(C#N)cc2c(C(C)CS)[nH]nc12)c1[nH]nc2cc(C#N)ccc12. The maximum absolute atomic E-state index is 9.52. The van der Waals surface area contributed by atoms with E-state index < -0.39 is 0 Å². The molecule has 6 nitrogen and oxygen atoms in total. The van der Waals surface area contributed by atoms with Crippen LogP contribution in [0.3, 0.4) is 0 Å². The summed E-state index contributed by atoms with van der Waals surface area (Å²) in [5.41, 5.74) is 5.95. The largest absolute Gasteiger partial charge is 0.281 e. The van der Waals surface area contributed by atoms with E-state index in [1.165, 1.54) is 0 Å². The van der Waals surface area contributed by atoms with Crippen molar-refractivity contribution in [3.8, 4) is 12.1 Å². The van der Waals surface area contributed by atoms with Crippen LogP contribution < -0.4 is 0 Å². The Morgan fingerprint density at radius 1 is 0.931 bits per heavy atom. The second-order valence-electron chi connectivity index (χ2n) is 7.45. The summed E-state index contributed by atoms with van der Waals surface area (Å²) in [5, 5.41) is 35.8. The molecule has 0 bridgehead atoms. The van der Waals surface area contributed by atoms with Gasteiger partial charge in [0.1, 0.15) is 0 Å². The number of nitriles is 2. The smallest absolute Gasteiger partial charge is 0.0992 e. The number of nitrogens with zero attached hydrogens (tertiary/aromatic N) is 4. The molecule has 0 aliphatic carbocycles. The third-order valence-corrected chi connectivity index (χ3v) is 5.94. The number of thiol groups is 1. The molecule has 0 spiro atoms. The van der Waals surface area contributed by atoms with Crippen molar-refractivity contribution in [2.45, 2.75) is 32.1 Å². The lowest BCUT2D eigenvalue weighted by atomic mass is 9.92. The maximum Gasteiger partial charge on any atom is 0.0992 e. The molecule has 7 heteroatoms. The highest BCUT2D eigenvalue weighted by Crippen LogP contribution is 2.32. The van der Waals surface area contributed by atoms with Crippen molar-refractivity contribution >= 4 is 34.4 Å². The molecule has 2 atom stereocenters. The average molecular weight is 401 g/mol. The summed E-state index contributed by atoms with van der Waals surface area (Å²) in [6.07, 6.45) is 0.711. The summed E-state index contributed by atoms with van der Waals surface area (Å²) < 4.78 is 0. The maximum atomic E-state index is 9.52. The number of fused-ring (bicyclic) bond motifs is 2. The second kappa shape index (κ2) is 7.62. The van der Waals surface area contributed by atoms with Crippen LogP contribution in [-0.4, -0.2) is 26.1 Å². The number of nitrogens with one attached hydrogen (secondary N) is 2. The Hall–Kier alpha value is -3.29. The van der Waals surface area contributed by atoms with Gasteiger partial charge in [-0.3, -0.25) is 10.2 Å². The van der Waals surface area contributed by atoms with Gasteiger partial charge in [0.05, 0.1) is 34.3 Å². The monoisotopic (exact) mass is 400 g/mol. The normalized spacial score (nSPS) is 13.3. The van der Waals surface area contributed by atoms with Crippen molar-refractivity contribution in [3.63, 3.8) is 0 Å². The van der Waals surface area contributed by atoms with Gasteiger partial charge in [-0.05, 0) is 48.1 Å². The van der Waals surface area contributed by atoms with E-state index in [4.69, 9.17) is 5.26 Å². The van der Waals surface area contributed by atoms with E-state index in [0.29, 0.717) is 23.3 Å². The van der Waals surface area contributed by atoms with Gasteiger partial charge in [-0.1, -0.05) is 13.8 Å². The molecule has 2 heterocycles. The Labute approximate surface area is 174 Å². The standard InChI is InChI=1S/C22H20N6S/c1-12(20-17-4-3-14(9-23)8-19(17)25-26-20)5-16-6-15(10-24)7-18-21(13(2)11-29)27-28-22(16)18/h3-4,6-8,12-13,29H,5,11H2,1-2H3,(H,25,26)(H,27,28). The van der Waals surface area contributed by atoms with Crippen molar-refractivity contribution in [1.29, 1.82) is 10.5 Å². The number of aromatic nitrogens is 4.